The predicted molar refractivity (Wildman–Crippen MR) is 97.8 cm³/mol. The summed E-state index contributed by atoms with van der Waals surface area (Å²) in [6, 6.07) is 11.4. The average molecular weight is 332 g/mol. The van der Waals surface area contributed by atoms with Crippen molar-refractivity contribution in [1.82, 2.24) is 10.2 Å². The highest BCUT2D eigenvalue weighted by atomic mass is 16.6. The lowest BCUT2D eigenvalue weighted by molar-refractivity contribution is 0.0171. The number of hydrogen-bond donors (Lipinski definition) is 1. The number of likely N-dealkylation sites (tertiary alicyclic amines) is 1. The van der Waals surface area contributed by atoms with Crippen LogP contribution in [0, 0.1) is 5.92 Å². The van der Waals surface area contributed by atoms with Gasteiger partial charge in [0.25, 0.3) is 0 Å². The first-order valence-corrected chi connectivity index (χ1v) is 8.96. The van der Waals surface area contributed by atoms with Crippen LogP contribution in [0.5, 0.6) is 0 Å². The van der Waals surface area contributed by atoms with Crippen molar-refractivity contribution in [2.75, 3.05) is 0 Å². The fourth-order valence-electron chi connectivity index (χ4n) is 3.70. The third-order valence-corrected chi connectivity index (χ3v) is 4.83. The van der Waals surface area contributed by atoms with Gasteiger partial charge in [0.15, 0.2) is 0 Å². The Labute approximate surface area is 146 Å². The van der Waals surface area contributed by atoms with Crippen LogP contribution < -0.4 is 5.32 Å². The molecule has 0 saturated carbocycles. The highest BCUT2D eigenvalue weighted by Gasteiger charge is 2.38. The number of carbonyl (C=O) groups excluding carboxylic acids is 1. The normalized spacial score (nSPS) is 28.4. The third kappa shape index (κ3) is 4.97. The molecule has 0 spiro atoms. The van der Waals surface area contributed by atoms with Crippen LogP contribution >= 0.6 is 0 Å². The van der Waals surface area contributed by atoms with Crippen molar-refractivity contribution in [2.45, 2.75) is 78.2 Å². The van der Waals surface area contributed by atoms with Gasteiger partial charge in [-0.05, 0) is 52.5 Å². The van der Waals surface area contributed by atoms with Crippen molar-refractivity contribution in [3.05, 3.63) is 35.9 Å². The topological polar surface area (TPSA) is 41.6 Å². The van der Waals surface area contributed by atoms with Crippen molar-refractivity contribution >= 4 is 6.09 Å². The molecule has 4 nitrogen and oxygen atoms in total. The molecule has 0 radical (unpaired) electrons. The van der Waals surface area contributed by atoms with Gasteiger partial charge in [0, 0.05) is 18.6 Å². The quantitative estimate of drug-likeness (QED) is 0.902. The van der Waals surface area contributed by atoms with Crippen LogP contribution in [0.1, 0.15) is 53.5 Å². The Morgan fingerprint density at radius 1 is 1.21 bits per heavy atom. The number of rotatable bonds is 3. The zero-order valence-electron chi connectivity index (χ0n) is 15.9. The van der Waals surface area contributed by atoms with Gasteiger partial charge in [0.05, 0.1) is 6.04 Å². The van der Waals surface area contributed by atoms with E-state index in [2.05, 4.69) is 55.3 Å². The van der Waals surface area contributed by atoms with E-state index in [0.717, 1.165) is 13.0 Å². The van der Waals surface area contributed by atoms with Gasteiger partial charge in [-0.15, -0.1) is 0 Å². The Hall–Kier alpha value is -1.55. The summed E-state index contributed by atoms with van der Waals surface area (Å²) in [5, 5.41) is 3.11. The van der Waals surface area contributed by atoms with E-state index in [1.807, 2.05) is 26.8 Å². The highest BCUT2D eigenvalue weighted by Crippen LogP contribution is 2.29. The van der Waals surface area contributed by atoms with Gasteiger partial charge in [-0.2, -0.15) is 0 Å². The van der Waals surface area contributed by atoms with Gasteiger partial charge >= 0.3 is 6.09 Å². The van der Waals surface area contributed by atoms with Crippen LogP contribution in [0.3, 0.4) is 0 Å². The second-order valence-electron chi connectivity index (χ2n) is 8.13. The van der Waals surface area contributed by atoms with E-state index in [4.69, 9.17) is 4.74 Å². The molecular formula is C20H32N2O2. The molecule has 4 heteroatoms. The standard InChI is InChI=1S/C20H32N2O2/c1-14-12-15(2)22(13-17-10-8-7-9-11-17)16(3)18(14)21-19(23)24-20(4,5)6/h7-11,14-16,18H,12-13H2,1-6H3,(H,21,23)/t14-,15-,16-,18-/m1/s1. The molecule has 0 aromatic heterocycles. The van der Waals surface area contributed by atoms with Crippen molar-refractivity contribution < 1.29 is 9.53 Å². The summed E-state index contributed by atoms with van der Waals surface area (Å²) in [7, 11) is 0. The number of nitrogens with one attached hydrogen (secondary N) is 1. The number of benzene rings is 1. The SMILES string of the molecule is C[C@@H]1C[C@@H](C)N(Cc2ccccc2)[C@H](C)[C@@H]1NC(=O)OC(C)(C)C. The lowest BCUT2D eigenvalue weighted by Gasteiger charge is -2.47. The maximum atomic E-state index is 12.2. The molecule has 1 aromatic carbocycles. The molecule has 0 aliphatic carbocycles. The summed E-state index contributed by atoms with van der Waals surface area (Å²) >= 11 is 0. The van der Waals surface area contributed by atoms with Crippen molar-refractivity contribution in [3.8, 4) is 0 Å². The average Bonchev–Trinajstić information content (AvgIpc) is 2.47. The molecule has 24 heavy (non-hydrogen) atoms. The Bertz CT molecular complexity index is 538. The first-order valence-electron chi connectivity index (χ1n) is 8.96. The Kier molecular flexibility index (Phi) is 5.92. The van der Waals surface area contributed by atoms with Crippen LogP contribution in [0.25, 0.3) is 0 Å². The minimum atomic E-state index is -0.470. The summed E-state index contributed by atoms with van der Waals surface area (Å²) in [5.74, 6) is 0.426. The zero-order valence-corrected chi connectivity index (χ0v) is 15.9. The van der Waals surface area contributed by atoms with Crippen LogP contribution in [0.4, 0.5) is 4.79 Å². The number of hydrogen-bond acceptors (Lipinski definition) is 3. The molecule has 4 atom stereocenters. The van der Waals surface area contributed by atoms with Crippen LogP contribution in [0.15, 0.2) is 30.3 Å². The first-order chi connectivity index (χ1) is 11.2. The van der Waals surface area contributed by atoms with Gasteiger partial charge in [-0.25, -0.2) is 4.79 Å². The van der Waals surface area contributed by atoms with E-state index in [1.165, 1.54) is 5.56 Å². The Morgan fingerprint density at radius 3 is 2.42 bits per heavy atom. The summed E-state index contributed by atoms with van der Waals surface area (Å²) < 4.78 is 5.45. The minimum Gasteiger partial charge on any atom is -0.444 e. The zero-order chi connectivity index (χ0) is 17.9. The number of piperidine rings is 1. The molecule has 134 valence electrons. The molecule has 1 N–H and O–H groups in total. The molecule has 0 bridgehead atoms. The molecule has 2 rings (SSSR count). The summed E-state index contributed by atoms with van der Waals surface area (Å²) in [6.45, 7) is 13.3. The fraction of sp³-hybridized carbons (Fsp3) is 0.650. The van der Waals surface area contributed by atoms with Gasteiger partial charge in [-0.1, -0.05) is 37.3 Å². The molecule has 1 aliphatic rings. The van der Waals surface area contributed by atoms with Crippen molar-refractivity contribution in [1.29, 1.82) is 0 Å². The van der Waals surface area contributed by atoms with Crippen LogP contribution in [0.2, 0.25) is 0 Å². The summed E-state index contributed by atoms with van der Waals surface area (Å²) in [5.41, 5.74) is 0.837. The van der Waals surface area contributed by atoms with Gasteiger partial charge < -0.3 is 10.1 Å². The second kappa shape index (κ2) is 7.56. The number of nitrogens with zero attached hydrogens (tertiary/aromatic N) is 1. The third-order valence-electron chi connectivity index (χ3n) is 4.83. The molecular weight excluding hydrogens is 300 g/mol. The molecule has 1 aromatic rings. The maximum absolute atomic E-state index is 12.2. The van der Waals surface area contributed by atoms with Crippen molar-refractivity contribution in [3.63, 3.8) is 0 Å². The number of ether oxygens (including phenoxy) is 1. The maximum Gasteiger partial charge on any atom is 0.407 e. The molecule has 1 heterocycles. The van der Waals surface area contributed by atoms with E-state index in [1.54, 1.807) is 0 Å². The monoisotopic (exact) mass is 332 g/mol. The van der Waals surface area contributed by atoms with E-state index < -0.39 is 5.60 Å². The largest absolute Gasteiger partial charge is 0.444 e. The molecule has 1 aliphatic heterocycles. The fourth-order valence-corrected chi connectivity index (χ4v) is 3.70. The first kappa shape index (κ1) is 18.8. The van der Waals surface area contributed by atoms with E-state index in [9.17, 15) is 4.79 Å². The van der Waals surface area contributed by atoms with Crippen LogP contribution in [-0.2, 0) is 11.3 Å². The smallest absolute Gasteiger partial charge is 0.407 e. The van der Waals surface area contributed by atoms with Gasteiger partial charge in [0.1, 0.15) is 5.60 Å². The summed E-state index contributed by atoms with van der Waals surface area (Å²) in [4.78, 5) is 14.7. The minimum absolute atomic E-state index is 0.0970. The summed E-state index contributed by atoms with van der Waals surface area (Å²) in [6.07, 6.45) is 0.748. The van der Waals surface area contributed by atoms with Gasteiger partial charge in [0.2, 0.25) is 0 Å². The van der Waals surface area contributed by atoms with Gasteiger partial charge in [-0.3, -0.25) is 4.90 Å². The van der Waals surface area contributed by atoms with Crippen LogP contribution in [-0.4, -0.2) is 34.7 Å². The number of amides is 1. The van der Waals surface area contributed by atoms with Crippen molar-refractivity contribution in [2.24, 2.45) is 5.92 Å². The number of carbonyl (C=O) groups is 1. The van der Waals surface area contributed by atoms with E-state index in [-0.39, 0.29) is 18.2 Å². The molecule has 1 fully saturated rings. The Morgan fingerprint density at radius 2 is 1.83 bits per heavy atom. The predicted octanol–water partition coefficient (Wildman–Crippen LogP) is 4.20. The van der Waals surface area contributed by atoms with E-state index in [0.29, 0.717) is 12.0 Å². The lowest BCUT2D eigenvalue weighted by Crippen LogP contribution is -2.60. The Balaban J connectivity index is 2.07. The second-order valence-corrected chi connectivity index (χ2v) is 8.13. The highest BCUT2D eigenvalue weighted by molar-refractivity contribution is 5.68. The molecule has 1 saturated heterocycles. The van der Waals surface area contributed by atoms with E-state index >= 15 is 0 Å². The lowest BCUT2D eigenvalue weighted by atomic mass is 9.83. The number of alkyl carbamates (subject to hydrolysis) is 1. The molecule has 0 unspecified atom stereocenters. The molecule has 1 amide bonds.